The summed E-state index contributed by atoms with van der Waals surface area (Å²) in [5.41, 5.74) is 0.0909. The number of nitriles is 1. The predicted octanol–water partition coefficient (Wildman–Crippen LogP) is 2.36. The first-order valence-electron chi connectivity index (χ1n) is 5.90. The van der Waals surface area contributed by atoms with E-state index >= 15 is 0 Å². The van der Waals surface area contributed by atoms with Crippen LogP contribution in [0.3, 0.4) is 0 Å². The van der Waals surface area contributed by atoms with Crippen molar-refractivity contribution in [1.82, 2.24) is 0 Å². The van der Waals surface area contributed by atoms with Gasteiger partial charge in [-0.25, -0.2) is 9.18 Å². The lowest BCUT2D eigenvalue weighted by Crippen LogP contribution is -2.35. The molecule has 0 N–H and O–H groups in total. The lowest BCUT2D eigenvalue weighted by molar-refractivity contribution is -0.143. The number of hydrogen-bond acceptors (Lipinski definition) is 4. The Balaban J connectivity index is 2.25. The molecule has 1 aromatic rings. The summed E-state index contributed by atoms with van der Waals surface area (Å²) in [6.45, 7) is 3.27. The largest absolute Gasteiger partial charge is 0.478 e. The normalized spacial score (nSPS) is 20.7. The van der Waals surface area contributed by atoms with Crippen LogP contribution in [0.4, 0.5) is 4.39 Å². The van der Waals surface area contributed by atoms with Crippen LogP contribution in [0.25, 0.3) is 0 Å². The van der Waals surface area contributed by atoms with E-state index in [0.29, 0.717) is 12.4 Å². The van der Waals surface area contributed by atoms with Gasteiger partial charge >= 0.3 is 5.97 Å². The molecule has 0 unspecified atom stereocenters. The summed E-state index contributed by atoms with van der Waals surface area (Å²) in [6.07, 6.45) is -0.715. The molecule has 1 heterocycles. The zero-order chi connectivity index (χ0) is 14.0. The maximum absolute atomic E-state index is 12.8. The van der Waals surface area contributed by atoms with E-state index in [1.807, 2.05) is 19.9 Å². The zero-order valence-corrected chi connectivity index (χ0v) is 10.8. The van der Waals surface area contributed by atoms with Crippen LogP contribution in [-0.4, -0.2) is 18.7 Å². The first kappa shape index (κ1) is 13.3. The van der Waals surface area contributed by atoms with Gasteiger partial charge in [0.05, 0.1) is 11.6 Å². The molecule has 4 nitrogen and oxygen atoms in total. The summed E-state index contributed by atoms with van der Waals surface area (Å²) in [7, 11) is 0. The Morgan fingerprint density at radius 3 is 2.84 bits per heavy atom. The van der Waals surface area contributed by atoms with Crippen molar-refractivity contribution in [2.24, 2.45) is 5.41 Å². The lowest BCUT2D eigenvalue weighted by atomic mass is 9.90. The smallest absolute Gasteiger partial charge is 0.348 e. The molecule has 0 aromatic heterocycles. The third kappa shape index (κ3) is 2.53. The topological polar surface area (TPSA) is 59.3 Å². The summed E-state index contributed by atoms with van der Waals surface area (Å²) < 4.78 is 23.4. The quantitative estimate of drug-likeness (QED) is 0.785. The van der Waals surface area contributed by atoms with Crippen molar-refractivity contribution in [2.45, 2.75) is 26.6 Å². The molecule has 0 radical (unpaired) electrons. The van der Waals surface area contributed by atoms with Crippen LogP contribution in [0.1, 0.15) is 25.0 Å². The minimum Gasteiger partial charge on any atom is -0.478 e. The maximum atomic E-state index is 12.8. The molecular formula is C14H14FNO3. The number of nitrogens with zero attached hydrogens (tertiary/aromatic N) is 1. The van der Waals surface area contributed by atoms with Crippen LogP contribution in [0.5, 0.6) is 5.75 Å². The number of alkyl halides is 1. The molecule has 1 aromatic carbocycles. The number of hydrogen-bond donors (Lipinski definition) is 0. The molecule has 1 aliphatic rings. The highest BCUT2D eigenvalue weighted by Crippen LogP contribution is 2.32. The van der Waals surface area contributed by atoms with E-state index in [1.54, 1.807) is 6.07 Å². The number of carbonyl (C=O) groups is 1. The Morgan fingerprint density at radius 1 is 1.58 bits per heavy atom. The van der Waals surface area contributed by atoms with Crippen LogP contribution < -0.4 is 4.74 Å². The minimum absolute atomic E-state index is 0.254. The molecule has 0 amide bonds. The minimum atomic E-state index is -0.751. The standard InChI is InChI=1S/C14H14FNO3/c1-14(2)8-18-13(17)12(14)19-11-4-3-9(7-16)10(5-11)6-15/h3-5,12H,6,8H2,1-2H3/t12-/m0/s1. The molecule has 0 aliphatic carbocycles. The van der Waals surface area contributed by atoms with Crippen molar-refractivity contribution in [2.75, 3.05) is 6.61 Å². The number of halogens is 1. The van der Waals surface area contributed by atoms with Gasteiger partial charge in [0.2, 0.25) is 6.10 Å². The fourth-order valence-electron chi connectivity index (χ4n) is 1.93. The molecule has 0 spiro atoms. The van der Waals surface area contributed by atoms with Gasteiger partial charge in [0.15, 0.2) is 0 Å². The van der Waals surface area contributed by atoms with Crippen LogP contribution >= 0.6 is 0 Å². The van der Waals surface area contributed by atoms with Crippen LogP contribution in [0.15, 0.2) is 18.2 Å². The zero-order valence-electron chi connectivity index (χ0n) is 10.8. The van der Waals surface area contributed by atoms with Crippen molar-refractivity contribution in [3.63, 3.8) is 0 Å². The van der Waals surface area contributed by atoms with Crippen LogP contribution in [0, 0.1) is 16.7 Å². The van der Waals surface area contributed by atoms with Crippen molar-refractivity contribution in [3.05, 3.63) is 29.3 Å². The van der Waals surface area contributed by atoms with Gasteiger partial charge in [-0.2, -0.15) is 5.26 Å². The highest BCUT2D eigenvalue weighted by molar-refractivity contribution is 5.78. The molecule has 0 saturated carbocycles. The lowest BCUT2D eigenvalue weighted by Gasteiger charge is -2.22. The number of ether oxygens (including phenoxy) is 2. The van der Waals surface area contributed by atoms with Gasteiger partial charge in [0.25, 0.3) is 0 Å². The first-order valence-corrected chi connectivity index (χ1v) is 5.90. The van der Waals surface area contributed by atoms with Gasteiger partial charge in [-0.1, -0.05) is 13.8 Å². The summed E-state index contributed by atoms with van der Waals surface area (Å²) in [5, 5.41) is 8.82. The molecule has 19 heavy (non-hydrogen) atoms. The second-order valence-electron chi connectivity index (χ2n) is 5.16. The van der Waals surface area contributed by atoms with E-state index in [4.69, 9.17) is 14.7 Å². The fraction of sp³-hybridized carbons (Fsp3) is 0.429. The monoisotopic (exact) mass is 263 g/mol. The van der Waals surface area contributed by atoms with Crippen molar-refractivity contribution >= 4 is 5.97 Å². The fourth-order valence-corrected chi connectivity index (χ4v) is 1.93. The molecule has 5 heteroatoms. The van der Waals surface area contributed by atoms with Crippen LogP contribution in [-0.2, 0) is 16.2 Å². The van der Waals surface area contributed by atoms with Crippen molar-refractivity contribution in [3.8, 4) is 11.8 Å². The highest BCUT2D eigenvalue weighted by atomic mass is 19.1. The SMILES string of the molecule is CC1(C)COC(=O)[C@@H]1Oc1ccc(C#N)c(CF)c1. The second-order valence-corrected chi connectivity index (χ2v) is 5.16. The van der Waals surface area contributed by atoms with Gasteiger partial charge in [-0.3, -0.25) is 0 Å². The van der Waals surface area contributed by atoms with E-state index in [0.717, 1.165) is 0 Å². The van der Waals surface area contributed by atoms with E-state index in [2.05, 4.69) is 0 Å². The molecule has 1 atom stereocenters. The Hall–Kier alpha value is -2.09. The predicted molar refractivity (Wildman–Crippen MR) is 65.1 cm³/mol. The third-order valence-corrected chi connectivity index (χ3v) is 3.11. The molecular weight excluding hydrogens is 249 g/mol. The number of benzene rings is 1. The molecule has 1 aliphatic heterocycles. The summed E-state index contributed by atoms with van der Waals surface area (Å²) in [5.74, 6) is -0.0558. The summed E-state index contributed by atoms with van der Waals surface area (Å²) in [6, 6.07) is 6.39. The maximum Gasteiger partial charge on any atom is 0.348 e. The van der Waals surface area contributed by atoms with E-state index < -0.39 is 24.2 Å². The van der Waals surface area contributed by atoms with Gasteiger partial charge in [-0.15, -0.1) is 0 Å². The Kier molecular flexibility index (Phi) is 3.43. The molecule has 1 saturated heterocycles. The average molecular weight is 263 g/mol. The summed E-state index contributed by atoms with van der Waals surface area (Å²) in [4.78, 5) is 11.6. The van der Waals surface area contributed by atoms with E-state index in [1.165, 1.54) is 12.1 Å². The number of esters is 1. The van der Waals surface area contributed by atoms with Crippen molar-refractivity contribution < 1.29 is 18.7 Å². The Morgan fingerprint density at radius 2 is 2.32 bits per heavy atom. The third-order valence-electron chi connectivity index (χ3n) is 3.11. The Labute approximate surface area is 110 Å². The van der Waals surface area contributed by atoms with Gasteiger partial charge in [-0.05, 0) is 18.2 Å². The number of cyclic esters (lactones) is 1. The number of carbonyl (C=O) groups excluding carboxylic acids is 1. The molecule has 2 rings (SSSR count). The van der Waals surface area contributed by atoms with Gasteiger partial charge in [0, 0.05) is 11.0 Å². The molecule has 1 fully saturated rings. The average Bonchev–Trinajstić information content (AvgIpc) is 2.65. The van der Waals surface area contributed by atoms with Crippen LogP contribution in [0.2, 0.25) is 0 Å². The second kappa shape index (κ2) is 4.88. The van der Waals surface area contributed by atoms with E-state index in [9.17, 15) is 9.18 Å². The highest BCUT2D eigenvalue weighted by Gasteiger charge is 2.45. The molecule has 0 bridgehead atoms. The van der Waals surface area contributed by atoms with Crippen molar-refractivity contribution in [1.29, 1.82) is 5.26 Å². The van der Waals surface area contributed by atoms with Gasteiger partial charge < -0.3 is 9.47 Å². The van der Waals surface area contributed by atoms with Gasteiger partial charge in [0.1, 0.15) is 19.0 Å². The van der Waals surface area contributed by atoms with E-state index in [-0.39, 0.29) is 11.1 Å². The molecule has 100 valence electrons. The first-order chi connectivity index (χ1) is 8.97. The number of rotatable bonds is 3. The Bertz CT molecular complexity index is 548. The summed E-state index contributed by atoms with van der Waals surface area (Å²) >= 11 is 0.